The third-order valence-corrected chi connectivity index (χ3v) is 6.41. The number of benzene rings is 3. The zero-order chi connectivity index (χ0) is 19.9. The summed E-state index contributed by atoms with van der Waals surface area (Å²) in [5.74, 6) is 0. The molecule has 3 aromatic carbocycles. The van der Waals surface area contributed by atoms with E-state index in [2.05, 4.69) is 74.7 Å². The molecule has 0 amide bonds. The lowest BCUT2D eigenvalue weighted by molar-refractivity contribution is 1.38. The molecule has 0 bridgehead atoms. The minimum atomic E-state index is 0.751. The minimum Gasteiger partial charge on any atom is -0.241 e. The Morgan fingerprint density at radius 1 is 0.786 bits per heavy atom. The Balaban J connectivity index is 1.87. The third-order valence-electron chi connectivity index (χ3n) is 4.02. The Hall–Kier alpha value is -1.94. The van der Waals surface area contributed by atoms with E-state index in [-0.39, 0.29) is 0 Å². The maximum atomic E-state index is 5.98. The molecule has 0 saturated carbocycles. The van der Waals surface area contributed by atoms with Crippen LogP contribution in [0.5, 0.6) is 0 Å². The summed E-state index contributed by atoms with van der Waals surface area (Å²) in [6.07, 6.45) is 0. The van der Waals surface area contributed by atoms with Crippen molar-refractivity contribution in [2.24, 2.45) is 4.99 Å². The van der Waals surface area contributed by atoms with E-state index in [1.165, 1.54) is 16.0 Å². The summed E-state index contributed by atoms with van der Waals surface area (Å²) in [6.45, 7) is 6.30. The SMILES string of the molecule is CC(=CSc1ccc(Cl)cc1)C(=Nc1ccc(C)cc1)Sc1ccc(C)cc1. The largest absolute Gasteiger partial charge is 0.241 e. The van der Waals surface area contributed by atoms with Crippen molar-refractivity contribution in [3.8, 4) is 0 Å². The highest BCUT2D eigenvalue weighted by Gasteiger charge is 2.07. The first-order chi connectivity index (χ1) is 13.5. The lowest BCUT2D eigenvalue weighted by atomic mass is 10.2. The molecule has 0 aromatic heterocycles. The first kappa shape index (κ1) is 20.8. The standard InChI is InChI=1S/C24H22ClNS2/c1-17-4-10-21(11-5-17)26-24(28-23-12-6-18(2)7-13-23)19(3)16-27-22-14-8-20(25)9-15-22/h4-16H,1-3H3. The minimum absolute atomic E-state index is 0.751. The second kappa shape index (κ2) is 10.0. The summed E-state index contributed by atoms with van der Waals surface area (Å²) in [5, 5.41) is 3.90. The van der Waals surface area contributed by atoms with Gasteiger partial charge in [-0.3, -0.25) is 0 Å². The smallest absolute Gasteiger partial charge is 0.105 e. The molecule has 0 radical (unpaired) electrons. The van der Waals surface area contributed by atoms with Crippen LogP contribution < -0.4 is 0 Å². The Kier molecular flexibility index (Phi) is 7.43. The van der Waals surface area contributed by atoms with Crippen molar-refractivity contribution < 1.29 is 0 Å². The third kappa shape index (κ3) is 6.30. The van der Waals surface area contributed by atoms with Gasteiger partial charge < -0.3 is 0 Å². The van der Waals surface area contributed by atoms with Crippen LogP contribution >= 0.6 is 35.1 Å². The molecule has 0 heterocycles. The number of hydrogen-bond acceptors (Lipinski definition) is 3. The van der Waals surface area contributed by atoms with E-state index in [1.807, 2.05) is 24.3 Å². The molecule has 28 heavy (non-hydrogen) atoms. The van der Waals surface area contributed by atoms with Crippen LogP contribution in [-0.4, -0.2) is 5.04 Å². The Morgan fingerprint density at radius 3 is 1.93 bits per heavy atom. The molecule has 0 N–H and O–H groups in total. The molecule has 0 aliphatic rings. The number of aliphatic imine (C=N–C) groups is 1. The molecule has 0 aliphatic carbocycles. The topological polar surface area (TPSA) is 12.4 Å². The quantitative estimate of drug-likeness (QED) is 0.231. The number of aryl methyl sites for hydroxylation is 2. The van der Waals surface area contributed by atoms with Crippen molar-refractivity contribution in [1.29, 1.82) is 0 Å². The summed E-state index contributed by atoms with van der Waals surface area (Å²) in [5.41, 5.74) is 4.58. The molecule has 0 saturated heterocycles. The Morgan fingerprint density at radius 2 is 1.32 bits per heavy atom. The first-order valence-corrected chi connectivity index (χ1v) is 11.1. The maximum absolute atomic E-state index is 5.98. The molecule has 142 valence electrons. The normalized spacial score (nSPS) is 12.3. The Bertz CT molecular complexity index is 973. The van der Waals surface area contributed by atoms with Gasteiger partial charge in [-0.05, 0) is 80.3 Å². The van der Waals surface area contributed by atoms with Crippen LogP contribution in [0.2, 0.25) is 5.02 Å². The van der Waals surface area contributed by atoms with E-state index in [0.29, 0.717) is 0 Å². The van der Waals surface area contributed by atoms with Gasteiger partial charge in [-0.2, -0.15) is 0 Å². The van der Waals surface area contributed by atoms with Gasteiger partial charge in [0.1, 0.15) is 5.04 Å². The average molecular weight is 424 g/mol. The highest BCUT2D eigenvalue weighted by Crippen LogP contribution is 2.30. The van der Waals surface area contributed by atoms with Crippen molar-refractivity contribution in [3.05, 3.63) is 99.9 Å². The van der Waals surface area contributed by atoms with Gasteiger partial charge in [0.05, 0.1) is 5.69 Å². The predicted molar refractivity (Wildman–Crippen MR) is 126 cm³/mol. The number of nitrogens with zero attached hydrogens (tertiary/aromatic N) is 1. The van der Waals surface area contributed by atoms with E-state index in [4.69, 9.17) is 16.6 Å². The van der Waals surface area contributed by atoms with E-state index >= 15 is 0 Å². The highest BCUT2D eigenvalue weighted by molar-refractivity contribution is 8.14. The second-order valence-corrected chi connectivity index (χ2v) is 8.98. The van der Waals surface area contributed by atoms with Gasteiger partial charge >= 0.3 is 0 Å². The molecular formula is C24H22ClNS2. The number of halogens is 1. The lowest BCUT2D eigenvalue weighted by Gasteiger charge is -2.08. The summed E-state index contributed by atoms with van der Waals surface area (Å²) in [7, 11) is 0. The fourth-order valence-electron chi connectivity index (χ4n) is 2.37. The number of rotatable bonds is 5. The van der Waals surface area contributed by atoms with E-state index < -0.39 is 0 Å². The molecule has 0 spiro atoms. The van der Waals surface area contributed by atoms with Crippen LogP contribution in [-0.2, 0) is 0 Å². The zero-order valence-electron chi connectivity index (χ0n) is 16.1. The van der Waals surface area contributed by atoms with Gasteiger partial charge in [-0.15, -0.1) is 0 Å². The van der Waals surface area contributed by atoms with Gasteiger partial charge in [0, 0.05) is 14.8 Å². The second-order valence-electron chi connectivity index (χ2n) is 6.54. The van der Waals surface area contributed by atoms with E-state index in [9.17, 15) is 0 Å². The molecule has 1 nitrogen and oxygen atoms in total. The van der Waals surface area contributed by atoms with Gasteiger partial charge in [0.15, 0.2) is 0 Å². The first-order valence-electron chi connectivity index (χ1n) is 8.99. The van der Waals surface area contributed by atoms with Crippen LogP contribution in [0.1, 0.15) is 18.1 Å². The van der Waals surface area contributed by atoms with Crippen LogP contribution in [0.15, 0.2) is 98.6 Å². The van der Waals surface area contributed by atoms with E-state index in [0.717, 1.165) is 26.2 Å². The average Bonchev–Trinajstić information content (AvgIpc) is 2.70. The molecule has 0 fully saturated rings. The predicted octanol–water partition coefficient (Wildman–Crippen LogP) is 8.48. The van der Waals surface area contributed by atoms with Crippen molar-refractivity contribution >= 4 is 45.9 Å². The molecule has 3 aromatic rings. The Labute approximate surface area is 180 Å². The zero-order valence-corrected chi connectivity index (χ0v) is 18.5. The fraction of sp³-hybridized carbons (Fsp3) is 0.125. The van der Waals surface area contributed by atoms with E-state index in [1.54, 1.807) is 23.5 Å². The lowest BCUT2D eigenvalue weighted by Crippen LogP contribution is -1.94. The molecule has 0 aliphatic heterocycles. The summed E-state index contributed by atoms with van der Waals surface area (Å²) >= 11 is 9.35. The molecule has 3 rings (SSSR count). The number of thioether (sulfide) groups is 2. The number of hydrogen-bond donors (Lipinski definition) is 0. The van der Waals surface area contributed by atoms with Crippen molar-refractivity contribution in [1.82, 2.24) is 0 Å². The molecular weight excluding hydrogens is 402 g/mol. The van der Waals surface area contributed by atoms with Crippen molar-refractivity contribution in [2.75, 3.05) is 0 Å². The molecule has 4 heteroatoms. The van der Waals surface area contributed by atoms with Crippen LogP contribution in [0.4, 0.5) is 5.69 Å². The van der Waals surface area contributed by atoms with Crippen LogP contribution in [0.25, 0.3) is 0 Å². The fourth-order valence-corrected chi connectivity index (χ4v) is 4.15. The van der Waals surface area contributed by atoms with Gasteiger partial charge in [-0.25, -0.2) is 4.99 Å². The molecule has 0 unspecified atom stereocenters. The summed E-state index contributed by atoms with van der Waals surface area (Å²) in [6, 6.07) is 24.7. The van der Waals surface area contributed by atoms with Crippen LogP contribution in [0.3, 0.4) is 0 Å². The van der Waals surface area contributed by atoms with Gasteiger partial charge in [-0.1, -0.05) is 70.5 Å². The summed E-state index contributed by atoms with van der Waals surface area (Å²) in [4.78, 5) is 7.25. The maximum Gasteiger partial charge on any atom is 0.105 e. The highest BCUT2D eigenvalue weighted by atomic mass is 35.5. The van der Waals surface area contributed by atoms with Crippen molar-refractivity contribution in [3.63, 3.8) is 0 Å². The molecule has 0 atom stereocenters. The monoisotopic (exact) mass is 423 g/mol. The van der Waals surface area contributed by atoms with Gasteiger partial charge in [0.2, 0.25) is 0 Å². The van der Waals surface area contributed by atoms with Crippen LogP contribution in [0, 0.1) is 13.8 Å². The van der Waals surface area contributed by atoms with Gasteiger partial charge in [0.25, 0.3) is 0 Å². The summed E-state index contributed by atoms with van der Waals surface area (Å²) < 4.78 is 0. The van der Waals surface area contributed by atoms with Crippen molar-refractivity contribution in [2.45, 2.75) is 30.6 Å².